The average molecular weight is 368 g/mol. The van der Waals surface area contributed by atoms with E-state index in [4.69, 9.17) is 23.2 Å². The quantitative estimate of drug-likeness (QED) is 0.521. The molecule has 0 radical (unpaired) electrons. The van der Waals surface area contributed by atoms with Crippen LogP contribution >= 0.6 is 45.8 Å². The molecule has 2 aromatic rings. The average Bonchev–Trinajstić information content (AvgIpc) is 2.22. The zero-order valence-electron chi connectivity index (χ0n) is 7.85. The maximum Gasteiger partial charge on any atom is 0.226 e. The summed E-state index contributed by atoms with van der Waals surface area (Å²) in [5.74, 6) is -0.477. The fourth-order valence-electron chi connectivity index (χ4n) is 1.29. The summed E-state index contributed by atoms with van der Waals surface area (Å²) in [5, 5.41) is 1.09. The van der Waals surface area contributed by atoms with E-state index in [1.807, 2.05) is 22.6 Å². The predicted molar refractivity (Wildman–Crippen MR) is 72.4 cm³/mol. The molecule has 0 atom stereocenters. The monoisotopic (exact) mass is 367 g/mol. The molecule has 82 valence electrons. The molecule has 2 rings (SSSR count). The topological polar surface area (TPSA) is 12.9 Å². The van der Waals surface area contributed by atoms with Gasteiger partial charge >= 0.3 is 0 Å². The molecule has 5 heteroatoms. The summed E-state index contributed by atoms with van der Waals surface area (Å²) >= 11 is 13.7. The summed E-state index contributed by atoms with van der Waals surface area (Å²) in [6.45, 7) is 0. The highest BCUT2D eigenvalue weighted by Gasteiger charge is 2.07. The maximum absolute atomic E-state index is 13.0. The summed E-state index contributed by atoms with van der Waals surface area (Å²) in [7, 11) is 0. The molecule has 1 nitrogen and oxygen atoms in total. The third kappa shape index (κ3) is 2.47. The lowest BCUT2D eigenvalue weighted by Gasteiger charge is -2.05. The Hall–Kier alpha value is -0.390. The van der Waals surface area contributed by atoms with E-state index in [0.717, 1.165) is 11.1 Å². The van der Waals surface area contributed by atoms with Crippen LogP contribution in [0.4, 0.5) is 4.39 Å². The number of nitrogens with zero attached hydrogens (tertiary/aromatic N) is 1. The minimum Gasteiger partial charge on any atom is -0.227 e. The SMILES string of the molecule is Fc1ncc(-c2ccc(Cl)cc2Cl)cc1I. The van der Waals surface area contributed by atoms with E-state index in [2.05, 4.69) is 4.98 Å². The van der Waals surface area contributed by atoms with Crippen LogP contribution in [0.2, 0.25) is 10.0 Å². The molecule has 0 bridgehead atoms. The van der Waals surface area contributed by atoms with E-state index in [0.29, 0.717) is 13.6 Å². The Morgan fingerprint density at radius 2 is 1.94 bits per heavy atom. The van der Waals surface area contributed by atoms with Gasteiger partial charge < -0.3 is 0 Å². The minimum absolute atomic E-state index is 0.459. The second-order valence-electron chi connectivity index (χ2n) is 3.12. The van der Waals surface area contributed by atoms with Gasteiger partial charge in [0.15, 0.2) is 0 Å². The van der Waals surface area contributed by atoms with Gasteiger partial charge in [0.2, 0.25) is 5.95 Å². The number of pyridine rings is 1. The normalized spacial score (nSPS) is 10.5. The van der Waals surface area contributed by atoms with Crippen molar-refractivity contribution in [3.63, 3.8) is 0 Å². The van der Waals surface area contributed by atoms with Crippen LogP contribution in [0.15, 0.2) is 30.5 Å². The van der Waals surface area contributed by atoms with Crippen LogP contribution in [0, 0.1) is 9.52 Å². The summed E-state index contributed by atoms with van der Waals surface area (Å²) in [5.41, 5.74) is 1.56. The predicted octanol–water partition coefficient (Wildman–Crippen LogP) is 4.80. The molecule has 1 heterocycles. The lowest BCUT2D eigenvalue weighted by molar-refractivity contribution is 0.576. The van der Waals surface area contributed by atoms with E-state index in [1.165, 1.54) is 6.20 Å². The van der Waals surface area contributed by atoms with Crippen molar-refractivity contribution in [2.75, 3.05) is 0 Å². The van der Waals surface area contributed by atoms with Crippen LogP contribution in [0.25, 0.3) is 11.1 Å². The van der Waals surface area contributed by atoms with Crippen molar-refractivity contribution in [2.24, 2.45) is 0 Å². The Bertz CT molecular complexity index is 546. The minimum atomic E-state index is -0.477. The highest BCUT2D eigenvalue weighted by molar-refractivity contribution is 14.1. The standard InChI is InChI=1S/C11H5Cl2FIN/c12-7-1-2-8(9(13)4-7)6-3-10(15)11(14)16-5-6/h1-5H. The van der Waals surface area contributed by atoms with Crippen LogP contribution in [0.1, 0.15) is 0 Å². The first-order chi connectivity index (χ1) is 7.58. The van der Waals surface area contributed by atoms with E-state index < -0.39 is 5.95 Å². The molecule has 0 fully saturated rings. The number of benzene rings is 1. The van der Waals surface area contributed by atoms with Gasteiger partial charge in [-0.25, -0.2) is 4.98 Å². The Kier molecular flexibility index (Phi) is 3.66. The zero-order valence-corrected chi connectivity index (χ0v) is 11.5. The zero-order chi connectivity index (χ0) is 11.7. The fraction of sp³-hybridized carbons (Fsp3) is 0. The first-order valence-corrected chi connectivity index (χ1v) is 6.18. The highest BCUT2D eigenvalue weighted by Crippen LogP contribution is 2.30. The number of aromatic nitrogens is 1. The largest absolute Gasteiger partial charge is 0.227 e. The Balaban J connectivity index is 2.54. The van der Waals surface area contributed by atoms with Gasteiger partial charge in [-0.1, -0.05) is 29.3 Å². The molecular weight excluding hydrogens is 363 g/mol. The molecule has 16 heavy (non-hydrogen) atoms. The van der Waals surface area contributed by atoms with E-state index in [-0.39, 0.29) is 0 Å². The van der Waals surface area contributed by atoms with Gasteiger partial charge in [0.25, 0.3) is 0 Å². The van der Waals surface area contributed by atoms with Crippen molar-refractivity contribution in [2.45, 2.75) is 0 Å². The third-order valence-electron chi connectivity index (χ3n) is 2.04. The lowest BCUT2D eigenvalue weighted by Crippen LogP contribution is -1.89. The number of hydrogen-bond acceptors (Lipinski definition) is 1. The van der Waals surface area contributed by atoms with Crippen LogP contribution in [0.5, 0.6) is 0 Å². The van der Waals surface area contributed by atoms with Gasteiger partial charge in [0, 0.05) is 27.4 Å². The maximum atomic E-state index is 13.0. The smallest absolute Gasteiger partial charge is 0.226 e. The molecule has 0 saturated heterocycles. The molecule has 1 aromatic carbocycles. The van der Waals surface area contributed by atoms with Crippen LogP contribution < -0.4 is 0 Å². The van der Waals surface area contributed by atoms with E-state index >= 15 is 0 Å². The van der Waals surface area contributed by atoms with E-state index in [1.54, 1.807) is 24.3 Å². The molecule has 0 unspecified atom stereocenters. The van der Waals surface area contributed by atoms with Crippen molar-refractivity contribution in [1.82, 2.24) is 4.98 Å². The van der Waals surface area contributed by atoms with Gasteiger partial charge in [-0.2, -0.15) is 4.39 Å². The second kappa shape index (κ2) is 4.85. The summed E-state index contributed by atoms with van der Waals surface area (Å²) in [6, 6.07) is 6.86. The number of halogens is 4. The van der Waals surface area contributed by atoms with Crippen LogP contribution in [-0.2, 0) is 0 Å². The lowest BCUT2D eigenvalue weighted by atomic mass is 10.1. The Morgan fingerprint density at radius 1 is 1.19 bits per heavy atom. The summed E-state index contributed by atoms with van der Waals surface area (Å²) in [4.78, 5) is 3.65. The van der Waals surface area contributed by atoms with Crippen molar-refractivity contribution in [3.05, 3.63) is 50.0 Å². The second-order valence-corrected chi connectivity index (χ2v) is 5.13. The molecule has 0 spiro atoms. The molecule has 0 N–H and O–H groups in total. The van der Waals surface area contributed by atoms with E-state index in [9.17, 15) is 4.39 Å². The van der Waals surface area contributed by atoms with Crippen molar-refractivity contribution in [1.29, 1.82) is 0 Å². The molecule has 0 amide bonds. The van der Waals surface area contributed by atoms with Gasteiger partial charge in [-0.05, 0) is 40.8 Å². The van der Waals surface area contributed by atoms with Crippen molar-refractivity contribution >= 4 is 45.8 Å². The van der Waals surface area contributed by atoms with Crippen molar-refractivity contribution in [3.8, 4) is 11.1 Å². The molecular formula is C11H5Cl2FIN. The third-order valence-corrected chi connectivity index (χ3v) is 3.34. The molecule has 0 aliphatic heterocycles. The molecule has 0 saturated carbocycles. The Morgan fingerprint density at radius 3 is 2.56 bits per heavy atom. The molecule has 1 aromatic heterocycles. The van der Waals surface area contributed by atoms with Gasteiger partial charge in [0.05, 0.1) is 3.57 Å². The van der Waals surface area contributed by atoms with Crippen LogP contribution in [0.3, 0.4) is 0 Å². The molecule has 0 aliphatic carbocycles. The summed E-state index contributed by atoms with van der Waals surface area (Å²) in [6.07, 6.45) is 1.45. The van der Waals surface area contributed by atoms with Gasteiger partial charge in [0.1, 0.15) is 0 Å². The van der Waals surface area contributed by atoms with Gasteiger partial charge in [-0.15, -0.1) is 0 Å². The highest BCUT2D eigenvalue weighted by atomic mass is 127. The number of rotatable bonds is 1. The van der Waals surface area contributed by atoms with Gasteiger partial charge in [-0.3, -0.25) is 0 Å². The summed E-state index contributed by atoms with van der Waals surface area (Å²) < 4.78 is 13.5. The Labute approximate surface area is 116 Å². The van der Waals surface area contributed by atoms with Crippen LogP contribution in [-0.4, -0.2) is 4.98 Å². The number of hydrogen-bond donors (Lipinski definition) is 0. The van der Waals surface area contributed by atoms with Crippen molar-refractivity contribution < 1.29 is 4.39 Å². The first-order valence-electron chi connectivity index (χ1n) is 4.34. The first kappa shape index (κ1) is 12.1. The molecule has 0 aliphatic rings. The fourth-order valence-corrected chi connectivity index (χ4v) is 2.28.